The maximum Gasteiger partial charge on any atom is 0.260 e. The summed E-state index contributed by atoms with van der Waals surface area (Å²) in [6, 6.07) is 5.59. The molecule has 98 valence electrons. The normalized spacial score (nSPS) is 10.4. The molecule has 0 amide bonds. The molecular weight excluding hydrogens is 238 g/mol. The fraction of sp³-hybridized carbons (Fsp3) is 0.200. The molecular formula is C15H17N3O. The molecule has 0 radical (unpaired) electrons. The maximum absolute atomic E-state index is 12.1. The van der Waals surface area contributed by atoms with Crippen molar-refractivity contribution in [2.45, 2.75) is 6.92 Å². The maximum atomic E-state index is 12.1. The van der Waals surface area contributed by atoms with Crippen LogP contribution in [0.25, 0.3) is 10.9 Å². The number of anilines is 1. The molecule has 0 fully saturated rings. The van der Waals surface area contributed by atoms with Crippen molar-refractivity contribution in [2.24, 2.45) is 0 Å². The lowest BCUT2D eigenvalue weighted by atomic mass is 10.1. The standard InChI is InChI=1S/C15H17N3O/c1-4-9-18(10-5-2)15-16-13-11(3)7-6-8-12(13)14(19)17-15/h4-8H,1-2,9-10H2,3H3,(H,16,17,19). The lowest BCUT2D eigenvalue weighted by Crippen LogP contribution is -2.27. The van der Waals surface area contributed by atoms with Gasteiger partial charge in [-0.25, -0.2) is 4.98 Å². The van der Waals surface area contributed by atoms with E-state index in [1.54, 1.807) is 18.2 Å². The van der Waals surface area contributed by atoms with Crippen molar-refractivity contribution < 1.29 is 0 Å². The highest BCUT2D eigenvalue weighted by Crippen LogP contribution is 2.15. The van der Waals surface area contributed by atoms with Gasteiger partial charge < -0.3 is 4.90 Å². The number of rotatable bonds is 5. The summed E-state index contributed by atoms with van der Waals surface area (Å²) < 4.78 is 0. The molecule has 0 bridgehead atoms. The van der Waals surface area contributed by atoms with Crippen LogP contribution in [0.1, 0.15) is 5.56 Å². The topological polar surface area (TPSA) is 49.0 Å². The minimum absolute atomic E-state index is 0.123. The number of aromatic nitrogens is 2. The second kappa shape index (κ2) is 5.52. The molecule has 1 N–H and O–H groups in total. The molecule has 0 aliphatic heterocycles. The second-order valence-corrected chi connectivity index (χ2v) is 4.34. The Bertz CT molecular complexity index is 663. The Kier molecular flexibility index (Phi) is 3.80. The Morgan fingerprint density at radius 3 is 2.63 bits per heavy atom. The highest BCUT2D eigenvalue weighted by atomic mass is 16.1. The van der Waals surface area contributed by atoms with E-state index < -0.39 is 0 Å². The van der Waals surface area contributed by atoms with Gasteiger partial charge in [-0.2, -0.15) is 0 Å². The summed E-state index contributed by atoms with van der Waals surface area (Å²) in [5.74, 6) is 0.548. The summed E-state index contributed by atoms with van der Waals surface area (Å²) in [5, 5.41) is 0.612. The van der Waals surface area contributed by atoms with Crippen molar-refractivity contribution in [1.82, 2.24) is 9.97 Å². The van der Waals surface area contributed by atoms with E-state index in [2.05, 4.69) is 23.1 Å². The van der Waals surface area contributed by atoms with Gasteiger partial charge in [0.1, 0.15) is 0 Å². The van der Waals surface area contributed by atoms with Crippen LogP contribution < -0.4 is 10.5 Å². The number of H-pyrrole nitrogens is 1. The molecule has 0 saturated carbocycles. The number of aromatic amines is 1. The Balaban J connectivity index is 2.61. The zero-order valence-electron chi connectivity index (χ0n) is 11.0. The molecule has 19 heavy (non-hydrogen) atoms. The van der Waals surface area contributed by atoms with E-state index in [9.17, 15) is 4.79 Å². The lowest BCUT2D eigenvalue weighted by molar-refractivity contribution is 0.891. The van der Waals surface area contributed by atoms with Gasteiger partial charge in [0.25, 0.3) is 5.56 Å². The van der Waals surface area contributed by atoms with Gasteiger partial charge in [-0.15, -0.1) is 13.2 Å². The van der Waals surface area contributed by atoms with Crippen LogP contribution in [0.15, 0.2) is 48.3 Å². The molecule has 4 heteroatoms. The van der Waals surface area contributed by atoms with Crippen LogP contribution in [0, 0.1) is 6.92 Å². The van der Waals surface area contributed by atoms with E-state index in [1.807, 2.05) is 24.0 Å². The molecule has 1 aromatic carbocycles. The third-order valence-corrected chi connectivity index (χ3v) is 2.92. The summed E-state index contributed by atoms with van der Waals surface area (Å²) >= 11 is 0. The number of para-hydroxylation sites is 1. The number of nitrogens with one attached hydrogen (secondary N) is 1. The highest BCUT2D eigenvalue weighted by Gasteiger charge is 2.10. The number of fused-ring (bicyclic) bond motifs is 1. The molecule has 2 aromatic rings. The van der Waals surface area contributed by atoms with Crippen LogP contribution >= 0.6 is 0 Å². The highest BCUT2D eigenvalue weighted by molar-refractivity contribution is 5.81. The van der Waals surface area contributed by atoms with Gasteiger partial charge >= 0.3 is 0 Å². The number of hydrogen-bond acceptors (Lipinski definition) is 3. The Morgan fingerprint density at radius 2 is 2.00 bits per heavy atom. The molecule has 4 nitrogen and oxygen atoms in total. The van der Waals surface area contributed by atoms with Crippen LogP contribution in [-0.4, -0.2) is 23.1 Å². The van der Waals surface area contributed by atoms with Crippen molar-refractivity contribution in [3.8, 4) is 0 Å². The van der Waals surface area contributed by atoms with Crippen molar-refractivity contribution in [2.75, 3.05) is 18.0 Å². The molecule has 0 spiro atoms. The first-order valence-electron chi connectivity index (χ1n) is 6.13. The van der Waals surface area contributed by atoms with Crippen molar-refractivity contribution in [3.05, 3.63) is 59.4 Å². The van der Waals surface area contributed by atoms with Crippen LogP contribution in [0.4, 0.5) is 5.95 Å². The summed E-state index contributed by atoms with van der Waals surface area (Å²) in [6.07, 6.45) is 3.54. The van der Waals surface area contributed by atoms with E-state index in [-0.39, 0.29) is 5.56 Å². The molecule has 2 rings (SSSR count). The minimum atomic E-state index is -0.123. The summed E-state index contributed by atoms with van der Waals surface area (Å²) in [5.41, 5.74) is 1.60. The van der Waals surface area contributed by atoms with Gasteiger partial charge in [0.05, 0.1) is 10.9 Å². The summed E-state index contributed by atoms with van der Waals surface area (Å²) in [7, 11) is 0. The smallest absolute Gasteiger partial charge is 0.260 e. The molecule has 1 heterocycles. The first-order chi connectivity index (χ1) is 9.17. The van der Waals surface area contributed by atoms with Gasteiger partial charge in [-0.05, 0) is 18.6 Å². The van der Waals surface area contributed by atoms with Crippen LogP contribution in [0.5, 0.6) is 0 Å². The fourth-order valence-electron chi connectivity index (χ4n) is 2.00. The number of nitrogens with zero attached hydrogens (tertiary/aromatic N) is 2. The second-order valence-electron chi connectivity index (χ2n) is 4.34. The largest absolute Gasteiger partial charge is 0.335 e. The minimum Gasteiger partial charge on any atom is -0.335 e. The van der Waals surface area contributed by atoms with Gasteiger partial charge in [-0.1, -0.05) is 24.3 Å². The van der Waals surface area contributed by atoms with E-state index in [0.29, 0.717) is 24.4 Å². The number of aryl methyl sites for hydroxylation is 1. The zero-order valence-corrected chi connectivity index (χ0v) is 11.0. The van der Waals surface area contributed by atoms with E-state index in [4.69, 9.17) is 0 Å². The third kappa shape index (κ3) is 2.57. The predicted octanol–water partition coefficient (Wildman–Crippen LogP) is 2.41. The summed E-state index contributed by atoms with van der Waals surface area (Å²) in [6.45, 7) is 10.6. The van der Waals surface area contributed by atoms with Gasteiger partial charge in [0.2, 0.25) is 5.95 Å². The average Bonchev–Trinajstić information content (AvgIpc) is 2.39. The monoisotopic (exact) mass is 255 g/mol. The van der Waals surface area contributed by atoms with Crippen LogP contribution in [0.2, 0.25) is 0 Å². The van der Waals surface area contributed by atoms with Crippen LogP contribution in [0.3, 0.4) is 0 Å². The van der Waals surface area contributed by atoms with Crippen molar-refractivity contribution >= 4 is 16.9 Å². The fourth-order valence-corrected chi connectivity index (χ4v) is 2.00. The molecule has 0 atom stereocenters. The first-order valence-corrected chi connectivity index (χ1v) is 6.13. The van der Waals surface area contributed by atoms with E-state index in [1.165, 1.54) is 0 Å². The summed E-state index contributed by atoms with van der Waals surface area (Å²) in [4.78, 5) is 21.4. The lowest BCUT2D eigenvalue weighted by Gasteiger charge is -2.20. The van der Waals surface area contributed by atoms with E-state index in [0.717, 1.165) is 11.1 Å². The number of benzene rings is 1. The van der Waals surface area contributed by atoms with Crippen LogP contribution in [-0.2, 0) is 0 Å². The molecule has 0 saturated heterocycles. The Labute approximate surface area is 112 Å². The predicted molar refractivity (Wildman–Crippen MR) is 79.7 cm³/mol. The third-order valence-electron chi connectivity index (χ3n) is 2.92. The first kappa shape index (κ1) is 13.1. The van der Waals surface area contributed by atoms with Gasteiger partial charge in [0.15, 0.2) is 0 Å². The molecule has 0 aliphatic carbocycles. The Morgan fingerprint density at radius 1 is 1.32 bits per heavy atom. The number of hydrogen-bond donors (Lipinski definition) is 1. The average molecular weight is 255 g/mol. The van der Waals surface area contributed by atoms with Crippen molar-refractivity contribution in [3.63, 3.8) is 0 Å². The molecule has 0 unspecified atom stereocenters. The zero-order chi connectivity index (χ0) is 13.8. The molecule has 1 aromatic heterocycles. The van der Waals surface area contributed by atoms with E-state index >= 15 is 0 Å². The van der Waals surface area contributed by atoms with Gasteiger partial charge in [0, 0.05) is 13.1 Å². The quantitative estimate of drug-likeness (QED) is 0.835. The SMILES string of the molecule is C=CCN(CC=C)c1nc2c(C)cccc2c(=O)[nH]1. The van der Waals surface area contributed by atoms with Gasteiger partial charge in [-0.3, -0.25) is 9.78 Å². The Hall–Kier alpha value is -2.36. The molecule has 0 aliphatic rings. The van der Waals surface area contributed by atoms with Crippen molar-refractivity contribution in [1.29, 1.82) is 0 Å².